The Hall–Kier alpha value is -2.99. The minimum Gasteiger partial charge on any atom is -0.478 e. The molecular formula is C33H48O6. The quantitative estimate of drug-likeness (QED) is 0.135. The topological polar surface area (TPSA) is 101 Å². The predicted molar refractivity (Wildman–Crippen MR) is 157 cm³/mol. The lowest BCUT2D eigenvalue weighted by Gasteiger charge is -2.25. The number of hydrogen-bond donors (Lipinski definition) is 2. The van der Waals surface area contributed by atoms with Crippen molar-refractivity contribution in [1.29, 1.82) is 0 Å². The summed E-state index contributed by atoms with van der Waals surface area (Å²) >= 11 is 0. The number of esters is 1. The molecule has 2 N–H and O–H groups in total. The van der Waals surface area contributed by atoms with Crippen LogP contribution in [-0.2, 0) is 19.1 Å². The second kappa shape index (κ2) is 16.9. The minimum absolute atomic E-state index is 0.0360. The van der Waals surface area contributed by atoms with E-state index in [0.717, 1.165) is 24.5 Å². The van der Waals surface area contributed by atoms with Crippen molar-refractivity contribution in [3.8, 4) is 0 Å². The molecular weight excluding hydrogens is 492 g/mol. The molecule has 0 saturated heterocycles. The van der Waals surface area contributed by atoms with Gasteiger partial charge < -0.3 is 14.9 Å². The molecule has 1 heterocycles. The Morgan fingerprint density at radius 3 is 2.38 bits per heavy atom. The Bertz CT molecular complexity index is 1020. The molecule has 216 valence electrons. The normalized spacial score (nSPS) is 23.0. The van der Waals surface area contributed by atoms with Gasteiger partial charge in [-0.05, 0) is 51.0 Å². The third-order valence-corrected chi connectivity index (χ3v) is 7.12. The van der Waals surface area contributed by atoms with Crippen LogP contribution in [0.2, 0.25) is 0 Å². The van der Waals surface area contributed by atoms with Gasteiger partial charge >= 0.3 is 11.9 Å². The average Bonchev–Trinajstić information content (AvgIpc) is 2.86. The Morgan fingerprint density at radius 1 is 1.10 bits per heavy atom. The van der Waals surface area contributed by atoms with E-state index in [9.17, 15) is 19.5 Å². The zero-order valence-electron chi connectivity index (χ0n) is 24.9. The number of ketones is 1. The van der Waals surface area contributed by atoms with Gasteiger partial charge in [0.2, 0.25) is 0 Å². The SMILES string of the molecule is CCC(/C=C/[C@@H]1OC(=O)C=C[C@@H]1C)=C\[C@@H](C)C/C=C/C(C)=C/[C@@H](C)C(=O)[C@@H](C)[C@H](O)[C@@H](C)C/C(C)=C/C(=O)O. The number of ether oxygens (including phenoxy) is 1. The van der Waals surface area contributed by atoms with E-state index in [2.05, 4.69) is 26.0 Å². The first-order valence-corrected chi connectivity index (χ1v) is 14.0. The number of aliphatic hydroxyl groups excluding tert-OH is 1. The van der Waals surface area contributed by atoms with Crippen LogP contribution in [0.1, 0.15) is 74.7 Å². The second-order valence-corrected chi connectivity index (χ2v) is 11.1. The lowest BCUT2D eigenvalue weighted by atomic mass is 9.83. The smallest absolute Gasteiger partial charge is 0.331 e. The molecule has 0 saturated carbocycles. The maximum atomic E-state index is 13.0. The molecule has 6 nitrogen and oxygen atoms in total. The molecule has 0 unspecified atom stereocenters. The van der Waals surface area contributed by atoms with Gasteiger partial charge in [0, 0.05) is 29.9 Å². The van der Waals surface area contributed by atoms with E-state index in [1.54, 1.807) is 13.8 Å². The predicted octanol–water partition coefficient (Wildman–Crippen LogP) is 6.78. The number of carbonyl (C=O) groups excluding carboxylic acids is 2. The molecule has 1 aliphatic heterocycles. The van der Waals surface area contributed by atoms with Crippen LogP contribution >= 0.6 is 0 Å². The molecule has 0 amide bonds. The van der Waals surface area contributed by atoms with Crippen molar-refractivity contribution in [3.63, 3.8) is 0 Å². The number of carbonyl (C=O) groups is 3. The summed E-state index contributed by atoms with van der Waals surface area (Å²) in [6.07, 6.45) is 17.8. The number of allylic oxidation sites excluding steroid dienone is 8. The van der Waals surface area contributed by atoms with Gasteiger partial charge in [-0.2, -0.15) is 0 Å². The first kappa shape index (κ1) is 34.0. The molecule has 1 aliphatic rings. The molecule has 0 aromatic carbocycles. The second-order valence-electron chi connectivity index (χ2n) is 11.1. The summed E-state index contributed by atoms with van der Waals surface area (Å²) < 4.78 is 5.39. The summed E-state index contributed by atoms with van der Waals surface area (Å²) in [5.74, 6) is -2.01. The zero-order valence-corrected chi connectivity index (χ0v) is 24.9. The number of aliphatic hydroxyl groups is 1. The summed E-state index contributed by atoms with van der Waals surface area (Å²) in [5, 5.41) is 19.6. The van der Waals surface area contributed by atoms with E-state index < -0.39 is 18.0 Å². The molecule has 0 aromatic heterocycles. The maximum absolute atomic E-state index is 13.0. The number of hydrogen-bond acceptors (Lipinski definition) is 5. The molecule has 1 rings (SSSR count). The molecule has 0 radical (unpaired) electrons. The summed E-state index contributed by atoms with van der Waals surface area (Å²) in [7, 11) is 0. The van der Waals surface area contributed by atoms with Crippen LogP contribution in [0.25, 0.3) is 0 Å². The fourth-order valence-electron chi connectivity index (χ4n) is 4.75. The van der Waals surface area contributed by atoms with Gasteiger partial charge in [-0.25, -0.2) is 9.59 Å². The monoisotopic (exact) mass is 540 g/mol. The van der Waals surface area contributed by atoms with E-state index in [4.69, 9.17) is 9.84 Å². The van der Waals surface area contributed by atoms with Gasteiger partial charge in [0.05, 0.1) is 6.10 Å². The van der Waals surface area contributed by atoms with Crippen LogP contribution in [0.15, 0.2) is 71.4 Å². The largest absolute Gasteiger partial charge is 0.478 e. The molecule has 0 bridgehead atoms. The lowest BCUT2D eigenvalue weighted by Crippen LogP contribution is -2.34. The highest BCUT2D eigenvalue weighted by molar-refractivity contribution is 5.85. The molecule has 0 spiro atoms. The minimum atomic E-state index is -1.01. The van der Waals surface area contributed by atoms with E-state index in [1.165, 1.54) is 11.6 Å². The van der Waals surface area contributed by atoms with Gasteiger partial charge in [0.1, 0.15) is 11.9 Å². The zero-order chi connectivity index (χ0) is 29.7. The van der Waals surface area contributed by atoms with Crippen molar-refractivity contribution in [2.45, 2.75) is 86.9 Å². The third-order valence-electron chi connectivity index (χ3n) is 7.12. The van der Waals surface area contributed by atoms with Crippen LogP contribution in [0.4, 0.5) is 0 Å². The molecule has 39 heavy (non-hydrogen) atoms. The Labute approximate surface area is 234 Å². The van der Waals surface area contributed by atoms with Gasteiger partial charge in [-0.3, -0.25) is 4.79 Å². The van der Waals surface area contributed by atoms with Crippen molar-refractivity contribution < 1.29 is 29.3 Å². The van der Waals surface area contributed by atoms with Crippen LogP contribution in [0.3, 0.4) is 0 Å². The highest BCUT2D eigenvalue weighted by Crippen LogP contribution is 2.24. The van der Waals surface area contributed by atoms with Crippen molar-refractivity contribution in [1.82, 2.24) is 0 Å². The van der Waals surface area contributed by atoms with Crippen LogP contribution in [-0.4, -0.2) is 40.1 Å². The molecule has 0 aliphatic carbocycles. The molecule has 0 aromatic rings. The van der Waals surface area contributed by atoms with Crippen molar-refractivity contribution in [2.75, 3.05) is 0 Å². The van der Waals surface area contributed by atoms with E-state index in [1.807, 2.05) is 58.1 Å². The van der Waals surface area contributed by atoms with E-state index in [-0.39, 0.29) is 35.6 Å². The Balaban J connectivity index is 2.69. The number of cyclic esters (lactones) is 1. The van der Waals surface area contributed by atoms with Crippen LogP contribution in [0.5, 0.6) is 0 Å². The van der Waals surface area contributed by atoms with Gasteiger partial charge in [-0.1, -0.05) is 94.7 Å². The first-order valence-electron chi connectivity index (χ1n) is 14.0. The van der Waals surface area contributed by atoms with Crippen LogP contribution in [0, 0.1) is 29.6 Å². The molecule has 0 fully saturated rings. The highest BCUT2D eigenvalue weighted by atomic mass is 16.5. The van der Waals surface area contributed by atoms with Gasteiger partial charge in [0.25, 0.3) is 0 Å². The first-order chi connectivity index (χ1) is 18.2. The standard InChI is InChI=1S/C33H48O6/c1-9-28(14-15-29-24(5)13-16-31(36)39-29)19-22(3)12-10-11-21(2)17-25(6)32(37)27(8)33(38)26(7)18-23(4)20-30(34)35/h10-11,13-17,19-20,22,24-27,29,33,38H,9,12,18H2,1-8H3,(H,34,35)/b11-10+,15-14+,21-17+,23-20+,28-19+/t22-,24-,25+,26-,27+,29-,33+/m0/s1. The Kier molecular flexibility index (Phi) is 14.7. The number of Topliss-reactive ketones (excluding diaryl/α,β-unsaturated/α-hetero) is 1. The maximum Gasteiger partial charge on any atom is 0.331 e. The Morgan fingerprint density at radius 2 is 1.77 bits per heavy atom. The lowest BCUT2D eigenvalue weighted by molar-refractivity contribution is -0.143. The number of rotatable bonds is 15. The van der Waals surface area contributed by atoms with E-state index >= 15 is 0 Å². The average molecular weight is 541 g/mol. The van der Waals surface area contributed by atoms with Gasteiger partial charge in [0.15, 0.2) is 0 Å². The number of aliphatic carboxylic acids is 1. The summed E-state index contributed by atoms with van der Waals surface area (Å²) in [6, 6.07) is 0. The fraction of sp³-hybridized carbons (Fsp3) is 0.545. The number of carboxylic acid groups (broad SMARTS) is 1. The van der Waals surface area contributed by atoms with Crippen molar-refractivity contribution in [3.05, 3.63) is 71.4 Å². The summed E-state index contributed by atoms with van der Waals surface area (Å²) in [5.41, 5.74) is 2.84. The fourth-order valence-corrected chi connectivity index (χ4v) is 4.75. The summed E-state index contributed by atoms with van der Waals surface area (Å²) in [6.45, 7) is 15.4. The van der Waals surface area contributed by atoms with Crippen molar-refractivity contribution >= 4 is 17.7 Å². The van der Waals surface area contributed by atoms with Gasteiger partial charge in [-0.15, -0.1) is 0 Å². The molecule has 6 heteroatoms. The molecule has 7 atom stereocenters. The van der Waals surface area contributed by atoms with E-state index in [0.29, 0.717) is 17.9 Å². The summed E-state index contributed by atoms with van der Waals surface area (Å²) in [4.78, 5) is 35.3. The highest BCUT2D eigenvalue weighted by Gasteiger charge is 2.29. The van der Waals surface area contributed by atoms with Crippen LogP contribution < -0.4 is 0 Å². The van der Waals surface area contributed by atoms with Crippen molar-refractivity contribution in [2.24, 2.45) is 29.6 Å². The number of carboxylic acids is 1. The third kappa shape index (κ3) is 12.6.